The molecule has 2 aromatic heterocycles. The average molecular weight is 398 g/mol. The fourth-order valence-corrected chi connectivity index (χ4v) is 3.30. The molecule has 2 heterocycles. The van der Waals surface area contributed by atoms with Gasteiger partial charge in [0.1, 0.15) is 5.02 Å². The first-order chi connectivity index (χ1) is 13.1. The van der Waals surface area contributed by atoms with Gasteiger partial charge in [0.25, 0.3) is 0 Å². The summed E-state index contributed by atoms with van der Waals surface area (Å²) in [4.78, 5) is 23.9. The van der Waals surface area contributed by atoms with Gasteiger partial charge in [0.15, 0.2) is 5.82 Å². The minimum Gasteiger partial charge on any atom is -0.478 e. The summed E-state index contributed by atoms with van der Waals surface area (Å²) in [6.45, 7) is 0. The molecule has 0 fully saturated rings. The van der Waals surface area contributed by atoms with Crippen molar-refractivity contribution in [3.8, 4) is 0 Å². The highest BCUT2D eigenvalue weighted by atomic mass is 35.5. The molecule has 27 heavy (non-hydrogen) atoms. The molecule has 3 N–H and O–H groups in total. The Morgan fingerprint density at radius 1 is 1.07 bits per heavy atom. The number of fused-ring (bicyclic) bond motifs is 1. The third-order valence-corrected chi connectivity index (χ3v) is 4.77. The molecule has 0 amide bonds. The molecule has 2 aromatic carbocycles. The largest absolute Gasteiger partial charge is 0.478 e. The van der Waals surface area contributed by atoms with Gasteiger partial charge >= 0.3 is 5.97 Å². The quantitative estimate of drug-likeness (QED) is 0.439. The molecule has 0 radical (unpaired) electrons. The summed E-state index contributed by atoms with van der Waals surface area (Å²) in [6.07, 6.45) is 1.48. The standard InChI is InChI=1S/C18H12ClN5O2S/c19-13-8-20-18(23-11-3-1-2-10(6-11)17(25)26)24-16(13)22-12-4-5-14-15(7-12)27-9-21-14/h1-9H,(H,25,26)(H2,20,22,23,24). The Morgan fingerprint density at radius 3 is 2.78 bits per heavy atom. The van der Waals surface area contributed by atoms with Gasteiger partial charge in [-0.2, -0.15) is 4.98 Å². The Balaban J connectivity index is 1.59. The van der Waals surface area contributed by atoms with Gasteiger partial charge < -0.3 is 15.7 Å². The van der Waals surface area contributed by atoms with Crippen LogP contribution in [0.5, 0.6) is 0 Å². The number of nitrogens with zero attached hydrogens (tertiary/aromatic N) is 3. The molecule has 0 spiro atoms. The zero-order valence-corrected chi connectivity index (χ0v) is 15.3. The molecule has 4 rings (SSSR count). The maximum absolute atomic E-state index is 11.1. The number of rotatable bonds is 5. The number of nitrogens with one attached hydrogen (secondary N) is 2. The summed E-state index contributed by atoms with van der Waals surface area (Å²) in [5.41, 5.74) is 4.28. The highest BCUT2D eigenvalue weighted by Crippen LogP contribution is 2.28. The average Bonchev–Trinajstić information content (AvgIpc) is 3.12. The van der Waals surface area contributed by atoms with Crippen LogP contribution >= 0.6 is 22.9 Å². The van der Waals surface area contributed by atoms with E-state index in [0.29, 0.717) is 22.5 Å². The zero-order chi connectivity index (χ0) is 18.8. The summed E-state index contributed by atoms with van der Waals surface area (Å²) >= 11 is 7.76. The van der Waals surface area contributed by atoms with Crippen LogP contribution in [0.4, 0.5) is 23.1 Å². The van der Waals surface area contributed by atoms with Crippen molar-refractivity contribution in [2.75, 3.05) is 10.6 Å². The van der Waals surface area contributed by atoms with E-state index >= 15 is 0 Å². The fourth-order valence-electron chi connectivity index (χ4n) is 2.44. The van der Waals surface area contributed by atoms with Gasteiger partial charge in [-0.15, -0.1) is 11.3 Å². The van der Waals surface area contributed by atoms with Gasteiger partial charge in [-0.1, -0.05) is 17.7 Å². The molecule has 7 nitrogen and oxygen atoms in total. The number of aromatic nitrogens is 3. The van der Waals surface area contributed by atoms with Crippen LogP contribution in [0.1, 0.15) is 10.4 Å². The number of thiazole rings is 1. The number of carboxylic acids is 1. The third kappa shape index (κ3) is 3.81. The van der Waals surface area contributed by atoms with Crippen molar-refractivity contribution in [2.24, 2.45) is 0 Å². The summed E-state index contributed by atoms with van der Waals surface area (Å²) in [5, 5.41) is 15.6. The van der Waals surface area contributed by atoms with Crippen molar-refractivity contribution in [1.29, 1.82) is 0 Å². The van der Waals surface area contributed by atoms with Crippen LogP contribution in [0.2, 0.25) is 5.02 Å². The molecule has 9 heteroatoms. The second-order valence-electron chi connectivity index (χ2n) is 5.56. The van der Waals surface area contributed by atoms with E-state index in [1.54, 1.807) is 29.0 Å². The van der Waals surface area contributed by atoms with Crippen LogP contribution in [0.15, 0.2) is 54.2 Å². The predicted octanol–water partition coefficient (Wildman–Crippen LogP) is 4.93. The van der Waals surface area contributed by atoms with Gasteiger partial charge in [0.2, 0.25) is 5.95 Å². The van der Waals surface area contributed by atoms with E-state index in [1.807, 2.05) is 18.2 Å². The van der Waals surface area contributed by atoms with Gasteiger partial charge in [-0.25, -0.2) is 14.8 Å². The lowest BCUT2D eigenvalue weighted by Gasteiger charge is -2.10. The number of benzene rings is 2. The first-order valence-corrected chi connectivity index (χ1v) is 9.07. The van der Waals surface area contributed by atoms with Gasteiger partial charge in [-0.05, 0) is 36.4 Å². The highest BCUT2D eigenvalue weighted by molar-refractivity contribution is 7.16. The number of hydrogen-bond donors (Lipinski definition) is 3. The van der Waals surface area contributed by atoms with Crippen LogP contribution in [0, 0.1) is 0 Å². The van der Waals surface area contributed by atoms with E-state index in [9.17, 15) is 4.79 Å². The summed E-state index contributed by atoms with van der Waals surface area (Å²) in [5.74, 6) is -0.271. The predicted molar refractivity (Wildman–Crippen MR) is 107 cm³/mol. The topological polar surface area (TPSA) is 100 Å². The van der Waals surface area contributed by atoms with E-state index in [1.165, 1.54) is 18.3 Å². The van der Waals surface area contributed by atoms with Crippen LogP contribution in [0.25, 0.3) is 10.2 Å². The van der Waals surface area contributed by atoms with Crippen LogP contribution in [-0.2, 0) is 0 Å². The second kappa shape index (κ2) is 7.18. The number of hydrogen-bond acceptors (Lipinski definition) is 7. The smallest absolute Gasteiger partial charge is 0.335 e. The highest BCUT2D eigenvalue weighted by Gasteiger charge is 2.09. The van der Waals surface area contributed by atoms with Gasteiger partial charge in [0.05, 0.1) is 27.5 Å². The lowest BCUT2D eigenvalue weighted by Crippen LogP contribution is -2.02. The van der Waals surface area contributed by atoms with E-state index in [2.05, 4.69) is 25.6 Å². The first kappa shape index (κ1) is 17.2. The number of anilines is 4. The Labute approximate surface area is 162 Å². The molecule has 0 unspecified atom stereocenters. The van der Waals surface area contributed by atoms with Crippen molar-refractivity contribution in [1.82, 2.24) is 15.0 Å². The summed E-state index contributed by atoms with van der Waals surface area (Å²) < 4.78 is 1.05. The molecule has 0 atom stereocenters. The SMILES string of the molecule is O=C(O)c1cccc(Nc2ncc(Cl)c(Nc3ccc4ncsc4c3)n2)c1. The van der Waals surface area contributed by atoms with Crippen molar-refractivity contribution >= 4 is 62.3 Å². The Bertz CT molecular complexity index is 1150. The molecule has 0 aliphatic carbocycles. The first-order valence-electron chi connectivity index (χ1n) is 7.82. The van der Waals surface area contributed by atoms with Crippen molar-refractivity contribution < 1.29 is 9.90 Å². The van der Waals surface area contributed by atoms with Crippen molar-refractivity contribution in [3.63, 3.8) is 0 Å². The number of carbonyl (C=O) groups is 1. The van der Waals surface area contributed by atoms with E-state index in [-0.39, 0.29) is 5.56 Å². The van der Waals surface area contributed by atoms with Crippen LogP contribution < -0.4 is 10.6 Å². The molecular formula is C18H12ClN5O2S. The second-order valence-corrected chi connectivity index (χ2v) is 6.85. The lowest BCUT2D eigenvalue weighted by atomic mass is 10.2. The Hall–Kier alpha value is -3.23. The Morgan fingerprint density at radius 2 is 1.93 bits per heavy atom. The third-order valence-electron chi connectivity index (χ3n) is 3.70. The lowest BCUT2D eigenvalue weighted by molar-refractivity contribution is 0.0697. The van der Waals surface area contributed by atoms with E-state index in [4.69, 9.17) is 16.7 Å². The molecule has 0 aliphatic rings. The van der Waals surface area contributed by atoms with Crippen LogP contribution in [-0.4, -0.2) is 26.0 Å². The maximum Gasteiger partial charge on any atom is 0.335 e. The van der Waals surface area contributed by atoms with Crippen molar-refractivity contribution in [2.45, 2.75) is 0 Å². The number of carboxylic acid groups (broad SMARTS) is 1. The summed E-state index contributed by atoms with van der Waals surface area (Å²) in [7, 11) is 0. The summed E-state index contributed by atoms with van der Waals surface area (Å²) in [6, 6.07) is 12.2. The minimum atomic E-state index is -1.00. The number of aromatic carboxylic acids is 1. The number of halogens is 1. The normalized spacial score (nSPS) is 10.7. The Kier molecular flexibility index (Phi) is 4.57. The van der Waals surface area contributed by atoms with E-state index in [0.717, 1.165) is 15.9 Å². The monoisotopic (exact) mass is 397 g/mol. The minimum absolute atomic E-state index is 0.171. The zero-order valence-electron chi connectivity index (χ0n) is 13.7. The molecule has 0 bridgehead atoms. The molecular weight excluding hydrogens is 386 g/mol. The molecule has 0 saturated carbocycles. The van der Waals surface area contributed by atoms with Gasteiger partial charge in [0, 0.05) is 11.4 Å². The molecule has 0 saturated heterocycles. The molecule has 4 aromatic rings. The van der Waals surface area contributed by atoms with Crippen LogP contribution in [0.3, 0.4) is 0 Å². The maximum atomic E-state index is 11.1. The molecule has 0 aliphatic heterocycles. The van der Waals surface area contributed by atoms with Crippen molar-refractivity contribution in [3.05, 3.63) is 64.8 Å². The fraction of sp³-hybridized carbons (Fsp3) is 0. The molecule has 134 valence electrons. The van der Waals surface area contributed by atoms with E-state index < -0.39 is 5.97 Å². The van der Waals surface area contributed by atoms with Gasteiger partial charge in [-0.3, -0.25) is 0 Å².